The number of carbonyl (C=O) groups is 3. The molecule has 2 aromatic rings. The van der Waals surface area contributed by atoms with Gasteiger partial charge in [0.1, 0.15) is 17.4 Å². The number of hydrogen-bond donors (Lipinski definition) is 0. The summed E-state index contributed by atoms with van der Waals surface area (Å²) in [5, 5.41) is 2.08. The topological polar surface area (TPSA) is 91.4 Å². The summed E-state index contributed by atoms with van der Waals surface area (Å²) in [6.45, 7) is 6.31. The molecule has 172 valence electrons. The van der Waals surface area contributed by atoms with E-state index in [0.717, 1.165) is 15.7 Å². The minimum Gasteiger partial charge on any atom is -0.484 e. The predicted molar refractivity (Wildman–Crippen MR) is 117 cm³/mol. The van der Waals surface area contributed by atoms with Crippen molar-refractivity contribution >= 4 is 40.4 Å². The lowest BCUT2D eigenvalue weighted by atomic mass is 10.1. The molecule has 0 N–H and O–H groups in total. The van der Waals surface area contributed by atoms with Crippen LogP contribution < -0.4 is 4.74 Å². The van der Waals surface area contributed by atoms with Gasteiger partial charge in [-0.15, -0.1) is 0 Å². The molecule has 1 saturated heterocycles. The van der Waals surface area contributed by atoms with Crippen molar-refractivity contribution in [2.45, 2.75) is 58.1 Å². The van der Waals surface area contributed by atoms with Crippen LogP contribution in [0.3, 0.4) is 0 Å². The molecule has 9 heteroatoms. The van der Waals surface area contributed by atoms with Crippen molar-refractivity contribution in [2.24, 2.45) is 0 Å². The van der Waals surface area contributed by atoms with Crippen molar-refractivity contribution in [3.63, 3.8) is 0 Å². The van der Waals surface area contributed by atoms with E-state index in [1.807, 2.05) is 24.3 Å². The van der Waals surface area contributed by atoms with Crippen molar-refractivity contribution in [2.75, 3.05) is 7.11 Å². The molecule has 0 aliphatic carbocycles. The summed E-state index contributed by atoms with van der Waals surface area (Å²) in [4.78, 5) is 38.4. The van der Waals surface area contributed by atoms with Crippen molar-refractivity contribution in [3.05, 3.63) is 41.4 Å². The Labute approximate surface area is 191 Å². The summed E-state index contributed by atoms with van der Waals surface area (Å²) in [6, 6.07) is 9.73. The minimum atomic E-state index is -1.19. The molecule has 8 nitrogen and oxygen atoms in total. The Morgan fingerprint density at radius 3 is 2.31 bits per heavy atom. The van der Waals surface area contributed by atoms with Crippen molar-refractivity contribution < 1.29 is 33.3 Å². The second-order valence-electron chi connectivity index (χ2n) is 8.41. The molecule has 0 spiro atoms. The summed E-state index contributed by atoms with van der Waals surface area (Å²) >= 11 is 6.30. The fourth-order valence-corrected chi connectivity index (χ4v) is 3.84. The van der Waals surface area contributed by atoms with E-state index >= 15 is 0 Å². The Balaban J connectivity index is 2.01. The van der Waals surface area contributed by atoms with Crippen LogP contribution in [0.5, 0.6) is 5.75 Å². The maximum absolute atomic E-state index is 13.0. The first-order valence-electron chi connectivity index (χ1n) is 10.1. The second-order valence-corrected chi connectivity index (χ2v) is 8.82. The van der Waals surface area contributed by atoms with Crippen LogP contribution in [0, 0.1) is 0 Å². The van der Waals surface area contributed by atoms with Crippen molar-refractivity contribution in [3.8, 4) is 5.75 Å². The summed E-state index contributed by atoms with van der Waals surface area (Å²) < 4.78 is 22.0. The molecule has 0 radical (unpaired) electrons. The van der Waals surface area contributed by atoms with Gasteiger partial charge in [0.2, 0.25) is 6.23 Å². The highest BCUT2D eigenvalue weighted by Crippen LogP contribution is 2.36. The molecule has 3 rings (SSSR count). The fraction of sp³-hybridized carbons (Fsp3) is 0.435. The lowest BCUT2D eigenvalue weighted by Gasteiger charge is -2.31. The van der Waals surface area contributed by atoms with Gasteiger partial charge in [-0.3, -0.25) is 9.69 Å². The average molecular weight is 464 g/mol. The summed E-state index contributed by atoms with van der Waals surface area (Å²) in [7, 11) is 1.22. The fourth-order valence-electron chi connectivity index (χ4n) is 3.61. The second kappa shape index (κ2) is 9.24. The van der Waals surface area contributed by atoms with Gasteiger partial charge in [0.25, 0.3) is 0 Å². The molecule has 1 fully saturated rings. The SMILES string of the molecule is COC(=O)[C@@H]1C[C@@H](Oc2ccc(Cl)c3ccccc23)C(OC(C)=O)N1C(=O)OC(C)(C)C. The highest BCUT2D eigenvalue weighted by atomic mass is 35.5. The molecule has 2 aromatic carbocycles. The smallest absolute Gasteiger partial charge is 0.414 e. The molecule has 3 atom stereocenters. The number of rotatable bonds is 4. The Hall–Kier alpha value is -3.00. The van der Waals surface area contributed by atoms with Crippen LogP contribution in [0.15, 0.2) is 36.4 Å². The number of hydrogen-bond acceptors (Lipinski definition) is 7. The van der Waals surface area contributed by atoms with Crippen LogP contribution in [0.1, 0.15) is 34.1 Å². The van der Waals surface area contributed by atoms with Crippen molar-refractivity contribution in [1.29, 1.82) is 0 Å². The molecule has 32 heavy (non-hydrogen) atoms. The third-order valence-electron chi connectivity index (χ3n) is 4.86. The summed E-state index contributed by atoms with van der Waals surface area (Å²) in [5.74, 6) is -0.828. The van der Waals surface area contributed by atoms with E-state index in [9.17, 15) is 14.4 Å². The Morgan fingerprint density at radius 1 is 1.06 bits per heavy atom. The molecular formula is C23H26ClNO7. The molecule has 0 saturated carbocycles. The van der Waals surface area contributed by atoms with Crippen LogP contribution in [-0.4, -0.2) is 54.0 Å². The molecule has 1 aliphatic rings. The molecule has 0 bridgehead atoms. The number of carbonyl (C=O) groups excluding carboxylic acids is 3. The highest BCUT2D eigenvalue weighted by molar-refractivity contribution is 6.35. The van der Waals surface area contributed by atoms with Gasteiger partial charge in [0.15, 0.2) is 6.10 Å². The third-order valence-corrected chi connectivity index (χ3v) is 5.19. The van der Waals surface area contributed by atoms with Crippen LogP contribution >= 0.6 is 11.6 Å². The van der Waals surface area contributed by atoms with Gasteiger partial charge in [-0.1, -0.05) is 35.9 Å². The number of benzene rings is 2. The number of nitrogens with zero attached hydrogens (tertiary/aromatic N) is 1. The molecule has 1 unspecified atom stereocenters. The molecule has 1 amide bonds. The monoisotopic (exact) mass is 463 g/mol. The first kappa shape index (κ1) is 23.7. The zero-order valence-electron chi connectivity index (χ0n) is 18.6. The van der Waals surface area contributed by atoms with E-state index < -0.39 is 42.0 Å². The number of halogens is 1. The number of ether oxygens (including phenoxy) is 4. The van der Waals surface area contributed by atoms with Crippen LogP contribution in [0.2, 0.25) is 5.02 Å². The quantitative estimate of drug-likeness (QED) is 0.492. The lowest BCUT2D eigenvalue weighted by Crippen LogP contribution is -2.50. The number of likely N-dealkylation sites (tertiary alicyclic amines) is 1. The van der Waals surface area contributed by atoms with Crippen LogP contribution in [0.4, 0.5) is 4.79 Å². The first-order valence-corrected chi connectivity index (χ1v) is 10.5. The Bertz CT molecular complexity index is 1030. The van der Waals surface area contributed by atoms with Gasteiger partial charge >= 0.3 is 18.0 Å². The van der Waals surface area contributed by atoms with E-state index in [4.69, 9.17) is 30.5 Å². The van der Waals surface area contributed by atoms with E-state index in [0.29, 0.717) is 10.8 Å². The first-order chi connectivity index (χ1) is 15.0. The maximum atomic E-state index is 13.0. The van der Waals surface area contributed by atoms with Gasteiger partial charge in [-0.25, -0.2) is 9.59 Å². The van der Waals surface area contributed by atoms with E-state index in [-0.39, 0.29) is 6.42 Å². The minimum absolute atomic E-state index is 0.0425. The Morgan fingerprint density at radius 2 is 1.72 bits per heavy atom. The normalized spacial score (nSPS) is 20.7. The number of esters is 2. The molecule has 1 heterocycles. The van der Waals surface area contributed by atoms with Gasteiger partial charge in [0.05, 0.1) is 7.11 Å². The zero-order valence-corrected chi connectivity index (χ0v) is 19.3. The standard InChI is InChI=1S/C23H26ClNO7/c1-13(26)30-20-19(31-18-11-10-16(24)14-8-6-7-9-15(14)18)12-17(21(27)29-5)25(20)22(28)32-23(2,3)4/h6-11,17,19-20H,12H2,1-5H3/t17-,19+,20?/m0/s1. The van der Waals surface area contributed by atoms with Gasteiger partial charge in [-0.05, 0) is 32.9 Å². The summed E-state index contributed by atoms with van der Waals surface area (Å²) in [5.41, 5.74) is -0.830. The molecule has 1 aliphatic heterocycles. The average Bonchev–Trinajstić information content (AvgIpc) is 3.06. The highest BCUT2D eigenvalue weighted by Gasteiger charge is 2.52. The van der Waals surface area contributed by atoms with Crippen molar-refractivity contribution in [1.82, 2.24) is 4.90 Å². The van der Waals surface area contributed by atoms with Crippen LogP contribution in [0.25, 0.3) is 10.8 Å². The number of methoxy groups -OCH3 is 1. The van der Waals surface area contributed by atoms with E-state index in [2.05, 4.69) is 0 Å². The van der Waals surface area contributed by atoms with Gasteiger partial charge in [0, 0.05) is 29.1 Å². The van der Waals surface area contributed by atoms with E-state index in [1.54, 1.807) is 32.9 Å². The zero-order chi connectivity index (χ0) is 23.6. The van der Waals surface area contributed by atoms with Crippen LogP contribution in [-0.2, 0) is 23.8 Å². The predicted octanol–water partition coefficient (Wildman–Crippen LogP) is 4.31. The number of amides is 1. The third kappa shape index (κ3) is 5.07. The number of fused-ring (bicyclic) bond motifs is 1. The largest absolute Gasteiger partial charge is 0.484 e. The maximum Gasteiger partial charge on any atom is 0.414 e. The van der Waals surface area contributed by atoms with Gasteiger partial charge < -0.3 is 18.9 Å². The lowest BCUT2D eigenvalue weighted by molar-refractivity contribution is -0.163. The summed E-state index contributed by atoms with van der Waals surface area (Å²) in [6.07, 6.45) is -2.81. The van der Waals surface area contributed by atoms with Gasteiger partial charge in [-0.2, -0.15) is 0 Å². The Kier molecular flexibility index (Phi) is 6.83. The molecule has 0 aromatic heterocycles. The van der Waals surface area contributed by atoms with E-state index in [1.165, 1.54) is 14.0 Å². The molecular weight excluding hydrogens is 438 g/mol.